The van der Waals surface area contributed by atoms with Crippen LogP contribution >= 0.6 is 31.9 Å². The van der Waals surface area contributed by atoms with Crippen molar-refractivity contribution in [1.82, 2.24) is 9.80 Å². The minimum absolute atomic E-state index is 0.0251. The second-order valence-electron chi connectivity index (χ2n) is 8.87. The van der Waals surface area contributed by atoms with Gasteiger partial charge in [0.05, 0.1) is 8.95 Å². The molecule has 0 spiro atoms. The van der Waals surface area contributed by atoms with Gasteiger partial charge < -0.3 is 20.2 Å². The number of anilines is 1. The van der Waals surface area contributed by atoms with Crippen LogP contribution in [0, 0.1) is 11.8 Å². The van der Waals surface area contributed by atoms with Crippen molar-refractivity contribution < 1.29 is 19.5 Å². The van der Waals surface area contributed by atoms with Crippen molar-refractivity contribution in [2.45, 2.75) is 31.8 Å². The van der Waals surface area contributed by atoms with Gasteiger partial charge in [0.2, 0.25) is 5.91 Å². The Bertz CT molecular complexity index is 1120. The molecule has 2 atom stereocenters. The normalized spacial score (nSPS) is 22.5. The monoisotopic (exact) mass is 575 g/mol. The second kappa shape index (κ2) is 8.76. The number of nitrogens with one attached hydrogen (secondary N) is 1. The van der Waals surface area contributed by atoms with Crippen molar-refractivity contribution in [1.29, 1.82) is 0 Å². The van der Waals surface area contributed by atoms with Gasteiger partial charge in [-0.3, -0.25) is 9.59 Å². The number of ketones is 1. The number of fused-ring (bicyclic) bond motifs is 1. The molecule has 2 fully saturated rings. The predicted molar refractivity (Wildman–Crippen MR) is 130 cm³/mol. The highest BCUT2D eigenvalue weighted by Gasteiger charge is 2.50. The Morgan fingerprint density at radius 1 is 1.03 bits per heavy atom. The van der Waals surface area contributed by atoms with Gasteiger partial charge in [0.25, 0.3) is 0 Å². The van der Waals surface area contributed by atoms with Gasteiger partial charge in [-0.25, -0.2) is 4.79 Å². The number of carbonyl (C=O) groups excluding carboxylic acids is 3. The van der Waals surface area contributed by atoms with E-state index in [1.807, 2.05) is 34.1 Å². The molecular weight excluding hydrogens is 554 g/mol. The number of nitrogens with zero attached hydrogens (tertiary/aromatic N) is 2. The molecule has 7 nitrogen and oxygen atoms in total. The van der Waals surface area contributed by atoms with Crippen LogP contribution in [0.25, 0.3) is 0 Å². The fourth-order valence-electron chi connectivity index (χ4n) is 4.83. The van der Waals surface area contributed by atoms with E-state index in [0.717, 1.165) is 24.1 Å². The molecule has 1 saturated carbocycles. The van der Waals surface area contributed by atoms with Crippen molar-refractivity contribution in [3.8, 4) is 5.75 Å². The van der Waals surface area contributed by atoms with Gasteiger partial charge in [-0.05, 0) is 74.9 Å². The average molecular weight is 577 g/mol. The molecule has 2 unspecified atom stereocenters. The standard InChI is InChI=1S/C24H23Br2N3O4/c25-18-9-14(10-19(26)22(18)31)21(30)16-11-17(16)23(32)28-7-5-15(6-8-28)29-12-13-3-1-2-4-20(13)27-24(29)33/h1-4,9-10,15-17,31H,5-8,11-12H2,(H,27,33). The van der Waals surface area contributed by atoms with E-state index in [1.165, 1.54) is 0 Å². The lowest BCUT2D eigenvalue weighted by atomic mass is 10.00. The van der Waals surface area contributed by atoms with Crippen LogP contribution in [0.1, 0.15) is 35.2 Å². The van der Waals surface area contributed by atoms with Crippen molar-refractivity contribution in [2.75, 3.05) is 18.4 Å². The number of urea groups is 1. The zero-order chi connectivity index (χ0) is 23.3. The number of hydrogen-bond donors (Lipinski definition) is 2. The molecule has 2 aliphatic heterocycles. The molecule has 2 N–H and O–H groups in total. The Hall–Kier alpha value is -2.39. The van der Waals surface area contributed by atoms with Crippen LogP contribution in [-0.4, -0.2) is 51.8 Å². The summed E-state index contributed by atoms with van der Waals surface area (Å²) in [7, 11) is 0. The van der Waals surface area contributed by atoms with Crippen molar-refractivity contribution in [3.05, 3.63) is 56.5 Å². The molecule has 0 radical (unpaired) electrons. The number of rotatable bonds is 4. The molecule has 5 rings (SSSR count). The first-order valence-corrected chi connectivity index (χ1v) is 12.6. The van der Waals surface area contributed by atoms with Crippen LogP contribution in [-0.2, 0) is 11.3 Å². The summed E-state index contributed by atoms with van der Waals surface area (Å²) in [5, 5.41) is 12.8. The molecule has 3 amide bonds. The first-order chi connectivity index (χ1) is 15.8. The Morgan fingerprint density at radius 2 is 1.70 bits per heavy atom. The zero-order valence-corrected chi connectivity index (χ0v) is 20.9. The van der Waals surface area contributed by atoms with Crippen LogP contribution in [0.2, 0.25) is 0 Å². The summed E-state index contributed by atoms with van der Waals surface area (Å²) < 4.78 is 0.880. The molecule has 2 aromatic carbocycles. The lowest BCUT2D eigenvalue weighted by Crippen LogP contribution is -2.51. The minimum Gasteiger partial charge on any atom is -0.506 e. The summed E-state index contributed by atoms with van der Waals surface area (Å²) in [6, 6.07) is 11.0. The molecule has 172 valence electrons. The lowest BCUT2D eigenvalue weighted by Gasteiger charge is -2.40. The SMILES string of the molecule is O=C(c1cc(Br)c(O)c(Br)c1)C1CC1C(=O)N1CCC(N2Cc3ccccc3NC2=O)CC1. The number of hydrogen-bond acceptors (Lipinski definition) is 4. The van der Waals surface area contributed by atoms with Gasteiger partial charge >= 0.3 is 6.03 Å². The summed E-state index contributed by atoms with van der Waals surface area (Å²) in [4.78, 5) is 42.2. The van der Waals surface area contributed by atoms with Gasteiger partial charge in [0.15, 0.2) is 5.78 Å². The Morgan fingerprint density at radius 3 is 2.39 bits per heavy atom. The first kappa shape index (κ1) is 22.4. The average Bonchev–Trinajstić information content (AvgIpc) is 3.62. The second-order valence-corrected chi connectivity index (χ2v) is 10.6. The van der Waals surface area contributed by atoms with Crippen LogP contribution in [0.15, 0.2) is 45.3 Å². The van der Waals surface area contributed by atoms with E-state index < -0.39 is 0 Å². The molecule has 2 aromatic rings. The highest BCUT2D eigenvalue weighted by Crippen LogP contribution is 2.44. The molecule has 1 aliphatic carbocycles. The van der Waals surface area contributed by atoms with E-state index in [9.17, 15) is 19.5 Å². The maximum absolute atomic E-state index is 13.0. The summed E-state index contributed by atoms with van der Waals surface area (Å²) in [6.45, 7) is 1.75. The third-order valence-corrected chi connectivity index (χ3v) is 8.03. The topological polar surface area (TPSA) is 89.9 Å². The lowest BCUT2D eigenvalue weighted by molar-refractivity contribution is -0.134. The van der Waals surface area contributed by atoms with Gasteiger partial charge in [0, 0.05) is 48.8 Å². The maximum atomic E-state index is 13.0. The fourth-order valence-corrected chi connectivity index (χ4v) is 6.02. The molecule has 1 saturated heterocycles. The van der Waals surface area contributed by atoms with E-state index in [-0.39, 0.29) is 41.3 Å². The Balaban J connectivity index is 1.17. The Kier molecular flexibility index (Phi) is 5.95. The summed E-state index contributed by atoms with van der Waals surface area (Å²) >= 11 is 6.51. The van der Waals surface area contributed by atoms with Gasteiger partial charge in [-0.1, -0.05) is 18.2 Å². The van der Waals surface area contributed by atoms with E-state index in [4.69, 9.17) is 0 Å². The number of halogens is 2. The van der Waals surface area contributed by atoms with Crippen molar-refractivity contribution in [2.24, 2.45) is 11.8 Å². The number of carbonyl (C=O) groups is 3. The summed E-state index contributed by atoms with van der Waals surface area (Å²) in [6.07, 6.45) is 2.01. The van der Waals surface area contributed by atoms with Crippen LogP contribution in [0.4, 0.5) is 10.5 Å². The van der Waals surface area contributed by atoms with Crippen LogP contribution < -0.4 is 5.32 Å². The number of amides is 3. The predicted octanol–water partition coefficient (Wildman–Crippen LogP) is 4.77. The number of likely N-dealkylation sites (tertiary alicyclic amines) is 1. The molecular formula is C24H23Br2N3O4. The van der Waals surface area contributed by atoms with Gasteiger partial charge in [-0.15, -0.1) is 0 Å². The minimum atomic E-state index is -0.317. The number of benzene rings is 2. The van der Waals surface area contributed by atoms with Gasteiger partial charge in [0.1, 0.15) is 5.75 Å². The fraction of sp³-hybridized carbons (Fsp3) is 0.375. The number of piperidine rings is 1. The van der Waals surface area contributed by atoms with E-state index in [2.05, 4.69) is 37.2 Å². The van der Waals surface area contributed by atoms with E-state index >= 15 is 0 Å². The molecule has 2 heterocycles. The highest BCUT2D eigenvalue weighted by molar-refractivity contribution is 9.11. The van der Waals surface area contributed by atoms with E-state index in [1.54, 1.807) is 12.1 Å². The van der Waals surface area contributed by atoms with Crippen LogP contribution in [0.3, 0.4) is 0 Å². The molecule has 33 heavy (non-hydrogen) atoms. The smallest absolute Gasteiger partial charge is 0.322 e. The number of phenols is 1. The molecule has 0 bridgehead atoms. The first-order valence-electron chi connectivity index (χ1n) is 11.0. The zero-order valence-electron chi connectivity index (χ0n) is 17.8. The highest BCUT2D eigenvalue weighted by atomic mass is 79.9. The molecule has 3 aliphatic rings. The Labute approximate surface area is 208 Å². The van der Waals surface area contributed by atoms with Crippen molar-refractivity contribution in [3.63, 3.8) is 0 Å². The largest absolute Gasteiger partial charge is 0.506 e. The number of para-hydroxylation sites is 1. The van der Waals surface area contributed by atoms with Crippen LogP contribution in [0.5, 0.6) is 5.75 Å². The molecule has 9 heteroatoms. The quantitative estimate of drug-likeness (QED) is 0.513. The number of phenolic OH excluding ortho intramolecular Hbond substituents is 1. The molecule has 0 aromatic heterocycles. The number of Topliss-reactive ketones (excluding diaryl/α,β-unsaturated/α-hetero) is 1. The van der Waals surface area contributed by atoms with Crippen molar-refractivity contribution >= 4 is 55.3 Å². The summed E-state index contributed by atoms with van der Waals surface area (Å²) in [5.74, 6) is -0.609. The third kappa shape index (κ3) is 4.28. The summed E-state index contributed by atoms with van der Waals surface area (Å²) in [5.41, 5.74) is 2.44. The number of aromatic hydroxyl groups is 1. The maximum Gasteiger partial charge on any atom is 0.322 e. The van der Waals surface area contributed by atoms with Gasteiger partial charge in [-0.2, -0.15) is 0 Å². The third-order valence-electron chi connectivity index (χ3n) is 6.82. The van der Waals surface area contributed by atoms with E-state index in [0.29, 0.717) is 40.6 Å².